The molecule has 22 heavy (non-hydrogen) atoms. The van der Waals surface area contributed by atoms with E-state index < -0.39 is 5.79 Å². The normalized spacial score (nSPS) is 33.9. The molecule has 2 fully saturated rings. The zero-order valence-electron chi connectivity index (χ0n) is 12.4. The number of rotatable bonds is 2. The summed E-state index contributed by atoms with van der Waals surface area (Å²) in [6.07, 6.45) is 0.00273. The zero-order chi connectivity index (χ0) is 15.2. The standard InChI is InChI=1S/C18H19NO3/c1-13-16-12-21-18(20,14-8-4-2-5-9-14)17(16)19(22-13)15-10-6-3-7-11-15/h2-11,13,16-17,20H,12H2,1H3. The predicted molar refractivity (Wildman–Crippen MR) is 83.0 cm³/mol. The van der Waals surface area contributed by atoms with Crippen molar-refractivity contribution in [1.29, 1.82) is 0 Å². The molecule has 0 spiro atoms. The number of fused-ring (bicyclic) bond motifs is 1. The van der Waals surface area contributed by atoms with Crippen LogP contribution in [-0.4, -0.2) is 23.9 Å². The van der Waals surface area contributed by atoms with E-state index >= 15 is 0 Å². The molecule has 0 aliphatic carbocycles. The fourth-order valence-corrected chi connectivity index (χ4v) is 3.47. The van der Waals surface area contributed by atoms with Gasteiger partial charge in [-0.15, -0.1) is 0 Å². The Hall–Kier alpha value is -1.88. The molecule has 0 aromatic heterocycles. The summed E-state index contributed by atoms with van der Waals surface area (Å²) in [5.41, 5.74) is 1.70. The Kier molecular flexibility index (Phi) is 3.18. The van der Waals surface area contributed by atoms with Crippen LogP contribution in [0.1, 0.15) is 12.5 Å². The zero-order valence-corrected chi connectivity index (χ0v) is 12.4. The van der Waals surface area contributed by atoms with Crippen molar-refractivity contribution in [3.8, 4) is 0 Å². The van der Waals surface area contributed by atoms with Crippen LogP contribution in [0.2, 0.25) is 0 Å². The third kappa shape index (κ3) is 1.96. The Morgan fingerprint density at radius 1 is 1.05 bits per heavy atom. The SMILES string of the molecule is CC1ON(c2ccccc2)C2C1COC2(O)c1ccccc1. The molecule has 0 radical (unpaired) electrons. The number of benzene rings is 2. The highest BCUT2D eigenvalue weighted by atomic mass is 16.7. The van der Waals surface area contributed by atoms with Gasteiger partial charge in [-0.05, 0) is 19.1 Å². The molecular formula is C18H19NO3. The van der Waals surface area contributed by atoms with Crippen molar-refractivity contribution in [2.75, 3.05) is 11.7 Å². The lowest BCUT2D eigenvalue weighted by Gasteiger charge is -2.34. The Balaban J connectivity index is 1.77. The van der Waals surface area contributed by atoms with Gasteiger partial charge in [-0.3, -0.25) is 4.84 Å². The van der Waals surface area contributed by atoms with Gasteiger partial charge in [0, 0.05) is 11.5 Å². The van der Waals surface area contributed by atoms with Crippen LogP contribution in [-0.2, 0) is 15.4 Å². The summed E-state index contributed by atoms with van der Waals surface area (Å²) >= 11 is 0. The van der Waals surface area contributed by atoms with E-state index in [1.807, 2.05) is 72.7 Å². The Morgan fingerprint density at radius 2 is 1.68 bits per heavy atom. The number of hydroxylamine groups is 1. The third-order valence-corrected chi connectivity index (χ3v) is 4.64. The molecule has 0 amide bonds. The Morgan fingerprint density at radius 3 is 2.36 bits per heavy atom. The second kappa shape index (κ2) is 5.09. The van der Waals surface area contributed by atoms with Crippen LogP contribution in [0, 0.1) is 5.92 Å². The van der Waals surface area contributed by atoms with Gasteiger partial charge in [0.1, 0.15) is 6.04 Å². The van der Waals surface area contributed by atoms with Crippen LogP contribution in [0.5, 0.6) is 0 Å². The molecule has 4 atom stereocenters. The average molecular weight is 297 g/mol. The molecule has 2 aromatic carbocycles. The van der Waals surface area contributed by atoms with Gasteiger partial charge >= 0.3 is 0 Å². The summed E-state index contributed by atoms with van der Waals surface area (Å²) in [6.45, 7) is 2.52. The minimum Gasteiger partial charge on any atom is -0.360 e. The summed E-state index contributed by atoms with van der Waals surface area (Å²) in [7, 11) is 0. The van der Waals surface area contributed by atoms with Crippen molar-refractivity contribution in [3.63, 3.8) is 0 Å². The fraction of sp³-hybridized carbons (Fsp3) is 0.333. The summed E-state index contributed by atoms with van der Waals surface area (Å²) < 4.78 is 5.85. The monoisotopic (exact) mass is 297 g/mol. The van der Waals surface area contributed by atoms with E-state index in [0.29, 0.717) is 6.61 Å². The molecule has 4 unspecified atom stereocenters. The minimum absolute atomic E-state index is 0.00273. The molecule has 0 saturated carbocycles. The summed E-state index contributed by atoms with van der Waals surface area (Å²) in [4.78, 5) is 6.02. The summed E-state index contributed by atoms with van der Waals surface area (Å²) in [6, 6.07) is 19.2. The van der Waals surface area contributed by atoms with Crippen LogP contribution < -0.4 is 5.06 Å². The van der Waals surface area contributed by atoms with Gasteiger partial charge < -0.3 is 9.84 Å². The third-order valence-electron chi connectivity index (χ3n) is 4.64. The first-order chi connectivity index (χ1) is 10.7. The number of para-hydroxylation sites is 1. The average Bonchev–Trinajstić information content (AvgIpc) is 3.09. The number of hydrogen-bond acceptors (Lipinski definition) is 4. The number of anilines is 1. The van der Waals surface area contributed by atoms with Gasteiger partial charge in [-0.2, -0.15) is 0 Å². The number of aliphatic hydroxyl groups is 1. The highest BCUT2D eigenvalue weighted by molar-refractivity contribution is 5.47. The summed E-state index contributed by atoms with van der Waals surface area (Å²) in [5, 5.41) is 13.1. The van der Waals surface area contributed by atoms with Crippen molar-refractivity contribution in [2.24, 2.45) is 5.92 Å². The van der Waals surface area contributed by atoms with Gasteiger partial charge in [-0.25, -0.2) is 5.06 Å². The van der Waals surface area contributed by atoms with Gasteiger partial charge in [0.05, 0.1) is 18.4 Å². The number of ether oxygens (including phenoxy) is 1. The van der Waals surface area contributed by atoms with Gasteiger partial charge in [0.25, 0.3) is 0 Å². The topological polar surface area (TPSA) is 41.9 Å². The molecule has 2 heterocycles. The first-order valence-electron chi connectivity index (χ1n) is 7.63. The lowest BCUT2D eigenvalue weighted by molar-refractivity contribution is -0.196. The minimum atomic E-state index is -1.35. The molecule has 2 saturated heterocycles. The quantitative estimate of drug-likeness (QED) is 0.925. The van der Waals surface area contributed by atoms with Crippen molar-refractivity contribution < 1.29 is 14.7 Å². The molecule has 2 aromatic rings. The summed E-state index contributed by atoms with van der Waals surface area (Å²) in [5.74, 6) is -1.22. The number of nitrogens with zero attached hydrogens (tertiary/aromatic N) is 1. The largest absolute Gasteiger partial charge is 0.360 e. The van der Waals surface area contributed by atoms with Crippen LogP contribution in [0.4, 0.5) is 5.69 Å². The maximum atomic E-state index is 11.2. The first kappa shape index (κ1) is 13.8. The van der Waals surface area contributed by atoms with Crippen molar-refractivity contribution in [1.82, 2.24) is 0 Å². The fourth-order valence-electron chi connectivity index (χ4n) is 3.47. The van der Waals surface area contributed by atoms with E-state index in [2.05, 4.69) is 0 Å². The predicted octanol–water partition coefficient (Wildman–Crippen LogP) is 2.69. The Labute approximate surface area is 129 Å². The van der Waals surface area contributed by atoms with Gasteiger partial charge in [0.2, 0.25) is 5.79 Å². The smallest absolute Gasteiger partial charge is 0.216 e. The highest BCUT2D eigenvalue weighted by Crippen LogP contribution is 2.47. The molecule has 0 bridgehead atoms. The van der Waals surface area contributed by atoms with Crippen LogP contribution in [0.15, 0.2) is 60.7 Å². The number of hydrogen-bond donors (Lipinski definition) is 1. The molecule has 4 nitrogen and oxygen atoms in total. The van der Waals surface area contributed by atoms with E-state index in [0.717, 1.165) is 11.3 Å². The van der Waals surface area contributed by atoms with Crippen molar-refractivity contribution >= 4 is 5.69 Å². The molecule has 1 N–H and O–H groups in total. The lowest BCUT2D eigenvalue weighted by Crippen LogP contribution is -2.46. The molecule has 4 heteroatoms. The van der Waals surface area contributed by atoms with Gasteiger partial charge in [0.15, 0.2) is 0 Å². The molecule has 114 valence electrons. The molecule has 4 rings (SSSR count). The molecular weight excluding hydrogens is 278 g/mol. The molecule has 2 aliphatic rings. The van der Waals surface area contributed by atoms with Crippen molar-refractivity contribution in [3.05, 3.63) is 66.2 Å². The highest BCUT2D eigenvalue weighted by Gasteiger charge is 2.59. The lowest BCUT2D eigenvalue weighted by atomic mass is 9.89. The second-order valence-electron chi connectivity index (χ2n) is 5.95. The van der Waals surface area contributed by atoms with Crippen LogP contribution in [0.25, 0.3) is 0 Å². The first-order valence-corrected chi connectivity index (χ1v) is 7.63. The second-order valence-corrected chi connectivity index (χ2v) is 5.95. The van der Waals surface area contributed by atoms with Gasteiger partial charge in [-0.1, -0.05) is 48.5 Å². The maximum Gasteiger partial charge on any atom is 0.216 e. The van der Waals surface area contributed by atoms with E-state index in [4.69, 9.17) is 9.57 Å². The van der Waals surface area contributed by atoms with E-state index in [-0.39, 0.29) is 18.1 Å². The Bertz CT molecular complexity index is 648. The van der Waals surface area contributed by atoms with Crippen LogP contribution in [0.3, 0.4) is 0 Å². The molecule has 2 aliphatic heterocycles. The van der Waals surface area contributed by atoms with E-state index in [9.17, 15) is 5.11 Å². The maximum absolute atomic E-state index is 11.2. The van der Waals surface area contributed by atoms with E-state index in [1.54, 1.807) is 0 Å². The van der Waals surface area contributed by atoms with Crippen molar-refractivity contribution in [2.45, 2.75) is 24.9 Å². The van der Waals surface area contributed by atoms with E-state index in [1.165, 1.54) is 0 Å². The van der Waals surface area contributed by atoms with Crippen LogP contribution >= 0.6 is 0 Å².